The van der Waals surface area contributed by atoms with Crippen LogP contribution in [0.15, 0.2) is 36.4 Å². The van der Waals surface area contributed by atoms with Gasteiger partial charge in [-0.05, 0) is 36.4 Å². The summed E-state index contributed by atoms with van der Waals surface area (Å²) in [6.45, 7) is 0. The van der Waals surface area contributed by atoms with Crippen molar-refractivity contribution >= 4 is 31.5 Å². The van der Waals surface area contributed by atoms with E-state index in [-0.39, 0.29) is 0 Å². The molecule has 1 heterocycles. The van der Waals surface area contributed by atoms with Crippen molar-refractivity contribution in [1.29, 1.82) is 0 Å². The molecular weight excluding hydrogens is 232 g/mol. The summed E-state index contributed by atoms with van der Waals surface area (Å²) in [5.74, 6) is 1.78. The lowest BCUT2D eigenvalue weighted by molar-refractivity contribution is 0.415. The lowest BCUT2D eigenvalue weighted by Crippen LogP contribution is -1.81. The van der Waals surface area contributed by atoms with Gasteiger partial charge in [-0.2, -0.15) is 0 Å². The molecule has 0 aliphatic carbocycles. The Morgan fingerprint density at radius 3 is 1.65 bits per heavy atom. The molecule has 3 heteroatoms. The van der Waals surface area contributed by atoms with Crippen molar-refractivity contribution in [2.75, 3.05) is 14.2 Å². The fourth-order valence-electron chi connectivity index (χ4n) is 1.99. The topological polar surface area (TPSA) is 18.5 Å². The standard InChI is InChI=1S/C14H12O2S/c1-15-9-3-5-13-11(7-9)12-8-10(16-2)4-6-14(12)17-13/h3-8H,1-2H3. The summed E-state index contributed by atoms with van der Waals surface area (Å²) in [7, 11) is 3.38. The van der Waals surface area contributed by atoms with Crippen LogP contribution in [0.25, 0.3) is 20.2 Å². The molecule has 2 aromatic carbocycles. The number of methoxy groups -OCH3 is 2. The quantitative estimate of drug-likeness (QED) is 0.676. The highest BCUT2D eigenvalue weighted by Gasteiger charge is 2.07. The van der Waals surface area contributed by atoms with Crippen molar-refractivity contribution in [1.82, 2.24) is 0 Å². The summed E-state index contributed by atoms with van der Waals surface area (Å²) in [5.41, 5.74) is 0. The molecular formula is C14H12O2S. The minimum atomic E-state index is 0.889. The Balaban J connectivity index is 2.37. The monoisotopic (exact) mass is 244 g/mol. The fraction of sp³-hybridized carbons (Fsp3) is 0.143. The molecule has 86 valence electrons. The van der Waals surface area contributed by atoms with Gasteiger partial charge >= 0.3 is 0 Å². The van der Waals surface area contributed by atoms with Crippen LogP contribution >= 0.6 is 11.3 Å². The smallest absolute Gasteiger partial charge is 0.119 e. The fourth-order valence-corrected chi connectivity index (χ4v) is 3.06. The molecule has 0 N–H and O–H groups in total. The van der Waals surface area contributed by atoms with Gasteiger partial charge in [0.1, 0.15) is 11.5 Å². The molecule has 0 unspecified atom stereocenters. The third-order valence-corrected chi connectivity index (χ3v) is 4.04. The van der Waals surface area contributed by atoms with Gasteiger partial charge in [-0.25, -0.2) is 0 Å². The van der Waals surface area contributed by atoms with Crippen molar-refractivity contribution in [3.05, 3.63) is 36.4 Å². The highest BCUT2D eigenvalue weighted by Crippen LogP contribution is 2.37. The van der Waals surface area contributed by atoms with Crippen molar-refractivity contribution in [2.45, 2.75) is 0 Å². The van der Waals surface area contributed by atoms with Crippen LogP contribution in [-0.2, 0) is 0 Å². The molecule has 0 amide bonds. The van der Waals surface area contributed by atoms with Gasteiger partial charge < -0.3 is 9.47 Å². The Morgan fingerprint density at radius 1 is 0.765 bits per heavy atom. The van der Waals surface area contributed by atoms with Crippen molar-refractivity contribution in [3.8, 4) is 11.5 Å². The molecule has 1 aromatic heterocycles. The third-order valence-electron chi connectivity index (χ3n) is 2.88. The van der Waals surface area contributed by atoms with Crippen molar-refractivity contribution in [2.24, 2.45) is 0 Å². The molecule has 2 nitrogen and oxygen atoms in total. The molecule has 3 aromatic rings. The lowest BCUT2D eigenvalue weighted by atomic mass is 10.1. The molecule has 0 radical (unpaired) electrons. The first-order chi connectivity index (χ1) is 8.31. The number of ether oxygens (including phenoxy) is 2. The molecule has 0 saturated carbocycles. The van der Waals surface area contributed by atoms with Crippen molar-refractivity contribution in [3.63, 3.8) is 0 Å². The van der Waals surface area contributed by atoms with Gasteiger partial charge in [0.25, 0.3) is 0 Å². The molecule has 0 atom stereocenters. The number of thiophene rings is 1. The van der Waals surface area contributed by atoms with Crippen molar-refractivity contribution < 1.29 is 9.47 Å². The van der Waals surface area contributed by atoms with Crippen LogP contribution < -0.4 is 9.47 Å². The van der Waals surface area contributed by atoms with E-state index in [1.807, 2.05) is 12.1 Å². The molecule has 0 aliphatic rings. The van der Waals surface area contributed by atoms with E-state index >= 15 is 0 Å². The Bertz CT molecular complexity index is 627. The first-order valence-electron chi connectivity index (χ1n) is 5.36. The lowest BCUT2D eigenvalue weighted by Gasteiger charge is -2.00. The molecule has 0 saturated heterocycles. The van der Waals surface area contributed by atoms with E-state index in [0.717, 1.165) is 11.5 Å². The van der Waals surface area contributed by atoms with Crippen LogP contribution in [0, 0.1) is 0 Å². The Labute approximate surface area is 103 Å². The van der Waals surface area contributed by atoms with E-state index in [1.165, 1.54) is 20.2 Å². The normalized spacial score (nSPS) is 10.9. The van der Waals surface area contributed by atoms with E-state index in [0.29, 0.717) is 0 Å². The third kappa shape index (κ3) is 1.63. The van der Waals surface area contributed by atoms with Crippen LogP contribution in [0.1, 0.15) is 0 Å². The maximum absolute atomic E-state index is 5.27. The number of hydrogen-bond acceptors (Lipinski definition) is 3. The second kappa shape index (κ2) is 3.93. The summed E-state index contributed by atoms with van der Waals surface area (Å²) >= 11 is 1.79. The maximum atomic E-state index is 5.27. The van der Waals surface area contributed by atoms with Gasteiger partial charge in [0, 0.05) is 20.2 Å². The Hall–Kier alpha value is -1.74. The molecule has 0 fully saturated rings. The molecule has 0 aliphatic heterocycles. The number of benzene rings is 2. The van der Waals surface area contributed by atoms with Gasteiger partial charge in [0.15, 0.2) is 0 Å². The highest BCUT2D eigenvalue weighted by atomic mass is 32.1. The minimum absolute atomic E-state index is 0.889. The largest absolute Gasteiger partial charge is 0.497 e. The summed E-state index contributed by atoms with van der Waals surface area (Å²) in [6.07, 6.45) is 0. The van der Waals surface area contributed by atoms with Crippen LogP contribution in [0.2, 0.25) is 0 Å². The maximum Gasteiger partial charge on any atom is 0.119 e. The average molecular weight is 244 g/mol. The zero-order chi connectivity index (χ0) is 11.8. The molecule has 3 rings (SSSR count). The van der Waals surface area contributed by atoms with Crippen LogP contribution in [-0.4, -0.2) is 14.2 Å². The SMILES string of the molecule is COc1ccc2sc3ccc(OC)cc3c2c1. The predicted octanol–water partition coefficient (Wildman–Crippen LogP) is 4.07. The van der Waals surface area contributed by atoms with E-state index in [2.05, 4.69) is 24.3 Å². The predicted molar refractivity (Wildman–Crippen MR) is 72.4 cm³/mol. The first kappa shape index (κ1) is 10.4. The summed E-state index contributed by atoms with van der Waals surface area (Å²) in [4.78, 5) is 0. The number of fused-ring (bicyclic) bond motifs is 3. The Kier molecular flexibility index (Phi) is 2.41. The van der Waals surface area contributed by atoms with Gasteiger partial charge in [-0.3, -0.25) is 0 Å². The first-order valence-corrected chi connectivity index (χ1v) is 6.18. The average Bonchev–Trinajstić information content (AvgIpc) is 2.75. The summed E-state index contributed by atoms with van der Waals surface area (Å²) in [5, 5.41) is 2.45. The molecule has 0 spiro atoms. The van der Waals surface area contributed by atoms with Crippen LogP contribution in [0.4, 0.5) is 0 Å². The molecule has 0 bridgehead atoms. The Morgan fingerprint density at radius 2 is 1.24 bits per heavy atom. The second-order valence-corrected chi connectivity index (χ2v) is 4.91. The van der Waals surface area contributed by atoms with E-state index in [4.69, 9.17) is 9.47 Å². The van der Waals surface area contributed by atoms with E-state index in [9.17, 15) is 0 Å². The van der Waals surface area contributed by atoms with Gasteiger partial charge in [-0.1, -0.05) is 0 Å². The highest BCUT2D eigenvalue weighted by molar-refractivity contribution is 7.25. The number of hydrogen-bond donors (Lipinski definition) is 0. The van der Waals surface area contributed by atoms with Gasteiger partial charge in [0.05, 0.1) is 14.2 Å². The van der Waals surface area contributed by atoms with Gasteiger partial charge in [0.2, 0.25) is 0 Å². The number of rotatable bonds is 2. The van der Waals surface area contributed by atoms with E-state index in [1.54, 1.807) is 25.6 Å². The summed E-state index contributed by atoms with van der Waals surface area (Å²) < 4.78 is 13.1. The van der Waals surface area contributed by atoms with Crippen LogP contribution in [0.3, 0.4) is 0 Å². The van der Waals surface area contributed by atoms with Gasteiger partial charge in [-0.15, -0.1) is 11.3 Å². The zero-order valence-corrected chi connectivity index (χ0v) is 10.5. The second-order valence-electron chi connectivity index (χ2n) is 3.83. The zero-order valence-electron chi connectivity index (χ0n) is 9.69. The van der Waals surface area contributed by atoms with E-state index < -0.39 is 0 Å². The minimum Gasteiger partial charge on any atom is -0.497 e. The summed E-state index contributed by atoms with van der Waals surface area (Å²) in [6, 6.07) is 12.3. The molecule has 17 heavy (non-hydrogen) atoms. The van der Waals surface area contributed by atoms with Crippen LogP contribution in [0.5, 0.6) is 11.5 Å².